The van der Waals surface area contributed by atoms with Crippen molar-refractivity contribution in [3.8, 4) is 6.07 Å². The number of halogens is 1. The summed E-state index contributed by atoms with van der Waals surface area (Å²) in [6, 6.07) is 6.62. The third-order valence-corrected chi connectivity index (χ3v) is 3.12. The van der Waals surface area contributed by atoms with Gasteiger partial charge in [0.2, 0.25) is 5.91 Å². The maximum absolute atomic E-state index is 13.7. The van der Waals surface area contributed by atoms with Crippen LogP contribution < -0.4 is 5.32 Å². The van der Waals surface area contributed by atoms with Crippen molar-refractivity contribution in [1.82, 2.24) is 5.32 Å². The second-order valence-corrected chi connectivity index (χ2v) is 5.09. The van der Waals surface area contributed by atoms with Crippen LogP contribution in [0.15, 0.2) is 18.2 Å². The van der Waals surface area contributed by atoms with E-state index in [4.69, 9.17) is 5.26 Å². The number of hydrogen-bond donors (Lipinski definition) is 1. The Hall–Kier alpha value is -1.54. The van der Waals surface area contributed by atoms with E-state index in [1.54, 1.807) is 18.2 Å². The van der Waals surface area contributed by atoms with E-state index >= 15 is 0 Å². The molecule has 3 nitrogen and oxygen atoms in total. The molecule has 1 aromatic rings. The molecule has 1 amide bonds. The van der Waals surface area contributed by atoms with Gasteiger partial charge < -0.3 is 5.32 Å². The molecule has 0 aliphatic carbocycles. The van der Waals surface area contributed by atoms with Crippen molar-refractivity contribution in [3.05, 3.63) is 35.1 Å². The van der Waals surface area contributed by atoms with Gasteiger partial charge in [0.1, 0.15) is 11.9 Å². The molecule has 0 saturated heterocycles. The average molecular weight is 266 g/mol. The summed E-state index contributed by atoms with van der Waals surface area (Å²) in [6.07, 6.45) is 0. The fraction of sp³-hybridized carbons (Fsp3) is 0.385. The molecule has 0 aliphatic heterocycles. The molecule has 0 fully saturated rings. The van der Waals surface area contributed by atoms with Crippen LogP contribution in [0.5, 0.6) is 0 Å². The molecule has 1 aromatic carbocycles. The van der Waals surface area contributed by atoms with Gasteiger partial charge in [0.25, 0.3) is 0 Å². The minimum Gasteiger partial charge on any atom is -0.353 e. The molecule has 0 saturated carbocycles. The van der Waals surface area contributed by atoms with Crippen molar-refractivity contribution in [1.29, 1.82) is 5.26 Å². The SMILES string of the molecule is CC(C)NC(=O)CSCc1cccc(C#N)c1F. The van der Waals surface area contributed by atoms with E-state index < -0.39 is 5.82 Å². The molecule has 0 bridgehead atoms. The van der Waals surface area contributed by atoms with Gasteiger partial charge in [-0.2, -0.15) is 5.26 Å². The van der Waals surface area contributed by atoms with E-state index in [0.29, 0.717) is 11.3 Å². The fourth-order valence-electron chi connectivity index (χ4n) is 1.39. The summed E-state index contributed by atoms with van der Waals surface area (Å²) in [7, 11) is 0. The van der Waals surface area contributed by atoms with Gasteiger partial charge >= 0.3 is 0 Å². The summed E-state index contributed by atoms with van der Waals surface area (Å²) in [6.45, 7) is 3.78. The molecule has 0 aromatic heterocycles. The number of hydrogen-bond acceptors (Lipinski definition) is 3. The van der Waals surface area contributed by atoms with Gasteiger partial charge in [-0.25, -0.2) is 4.39 Å². The number of nitrogens with one attached hydrogen (secondary N) is 1. The first-order valence-corrected chi connectivity index (χ1v) is 6.74. The summed E-state index contributed by atoms with van der Waals surface area (Å²) < 4.78 is 13.7. The maximum atomic E-state index is 13.7. The van der Waals surface area contributed by atoms with Crippen LogP contribution in [0.3, 0.4) is 0 Å². The van der Waals surface area contributed by atoms with Crippen LogP contribution in [0.1, 0.15) is 25.0 Å². The minimum atomic E-state index is -0.489. The first-order valence-electron chi connectivity index (χ1n) is 5.59. The molecular weight excluding hydrogens is 251 g/mol. The Bertz CT molecular complexity index is 469. The lowest BCUT2D eigenvalue weighted by Crippen LogP contribution is -2.31. The molecule has 1 N–H and O–H groups in total. The van der Waals surface area contributed by atoms with Crippen molar-refractivity contribution in [2.45, 2.75) is 25.6 Å². The summed E-state index contributed by atoms with van der Waals surface area (Å²) in [4.78, 5) is 11.4. The van der Waals surface area contributed by atoms with Gasteiger partial charge in [0.15, 0.2) is 0 Å². The van der Waals surface area contributed by atoms with Crippen LogP contribution >= 0.6 is 11.8 Å². The highest BCUT2D eigenvalue weighted by Crippen LogP contribution is 2.18. The normalized spacial score (nSPS) is 10.2. The predicted molar refractivity (Wildman–Crippen MR) is 70.6 cm³/mol. The quantitative estimate of drug-likeness (QED) is 0.890. The molecule has 0 aliphatic rings. The number of rotatable bonds is 5. The largest absolute Gasteiger partial charge is 0.353 e. The number of nitriles is 1. The first kappa shape index (κ1) is 14.5. The Morgan fingerprint density at radius 3 is 2.89 bits per heavy atom. The third-order valence-electron chi connectivity index (χ3n) is 2.14. The number of carbonyl (C=O) groups is 1. The lowest BCUT2D eigenvalue weighted by molar-refractivity contribution is -0.119. The molecule has 5 heteroatoms. The standard InChI is InChI=1S/C13H15FN2OS/c1-9(2)16-12(17)8-18-7-11-5-3-4-10(6-15)13(11)14/h3-5,9H,7-8H2,1-2H3,(H,16,17). The molecule has 0 atom stereocenters. The Balaban J connectivity index is 2.50. The van der Waals surface area contributed by atoms with E-state index in [0.717, 1.165) is 0 Å². The van der Waals surface area contributed by atoms with Gasteiger partial charge in [-0.05, 0) is 25.5 Å². The molecule has 0 heterocycles. The van der Waals surface area contributed by atoms with Gasteiger partial charge in [0, 0.05) is 11.8 Å². The van der Waals surface area contributed by atoms with Gasteiger partial charge in [0.05, 0.1) is 11.3 Å². The monoisotopic (exact) mass is 266 g/mol. The van der Waals surface area contributed by atoms with Gasteiger partial charge in [-0.3, -0.25) is 4.79 Å². The highest BCUT2D eigenvalue weighted by atomic mass is 32.2. The van der Waals surface area contributed by atoms with Crippen LogP contribution in [-0.4, -0.2) is 17.7 Å². The van der Waals surface area contributed by atoms with Crippen molar-refractivity contribution in [2.24, 2.45) is 0 Å². The highest BCUT2D eigenvalue weighted by molar-refractivity contribution is 7.99. The maximum Gasteiger partial charge on any atom is 0.230 e. The molecule has 0 radical (unpaired) electrons. The number of benzene rings is 1. The second-order valence-electron chi connectivity index (χ2n) is 4.11. The zero-order valence-corrected chi connectivity index (χ0v) is 11.2. The molecular formula is C13H15FN2OS. The second kappa shape index (κ2) is 7.02. The lowest BCUT2D eigenvalue weighted by Gasteiger charge is -2.08. The molecule has 0 spiro atoms. The highest BCUT2D eigenvalue weighted by Gasteiger charge is 2.09. The summed E-state index contributed by atoms with van der Waals surface area (Å²) in [5.41, 5.74) is 0.496. The summed E-state index contributed by atoms with van der Waals surface area (Å²) >= 11 is 1.33. The Kier molecular flexibility index (Phi) is 5.66. The van der Waals surface area contributed by atoms with E-state index in [-0.39, 0.29) is 23.3 Å². The lowest BCUT2D eigenvalue weighted by atomic mass is 10.1. The zero-order valence-electron chi connectivity index (χ0n) is 10.4. The van der Waals surface area contributed by atoms with Crippen LogP contribution in [0.25, 0.3) is 0 Å². The van der Waals surface area contributed by atoms with E-state index in [1.807, 2.05) is 13.8 Å². The summed E-state index contributed by atoms with van der Waals surface area (Å²) in [5.74, 6) is 0.116. The number of thioether (sulfide) groups is 1. The zero-order chi connectivity index (χ0) is 13.5. The van der Waals surface area contributed by atoms with Crippen LogP contribution in [0, 0.1) is 17.1 Å². The number of nitrogens with zero attached hydrogens (tertiary/aromatic N) is 1. The minimum absolute atomic E-state index is 0.0414. The van der Waals surface area contributed by atoms with Gasteiger partial charge in [-0.1, -0.05) is 12.1 Å². The Morgan fingerprint density at radius 1 is 1.56 bits per heavy atom. The van der Waals surface area contributed by atoms with E-state index in [9.17, 15) is 9.18 Å². The van der Waals surface area contributed by atoms with Crippen molar-refractivity contribution < 1.29 is 9.18 Å². The van der Waals surface area contributed by atoms with Crippen molar-refractivity contribution in [3.63, 3.8) is 0 Å². The molecule has 96 valence electrons. The predicted octanol–water partition coefficient (Wildman–Crippen LogP) is 2.46. The number of carbonyl (C=O) groups excluding carboxylic acids is 1. The van der Waals surface area contributed by atoms with Crippen LogP contribution in [-0.2, 0) is 10.5 Å². The molecule has 0 unspecified atom stereocenters. The van der Waals surface area contributed by atoms with Crippen LogP contribution in [0.4, 0.5) is 4.39 Å². The molecule has 1 rings (SSSR count). The number of amides is 1. The fourth-order valence-corrected chi connectivity index (χ4v) is 2.21. The van der Waals surface area contributed by atoms with Crippen molar-refractivity contribution >= 4 is 17.7 Å². The first-order chi connectivity index (χ1) is 8.54. The van der Waals surface area contributed by atoms with Crippen LogP contribution in [0.2, 0.25) is 0 Å². The topological polar surface area (TPSA) is 52.9 Å². The molecule has 18 heavy (non-hydrogen) atoms. The van der Waals surface area contributed by atoms with Crippen molar-refractivity contribution in [2.75, 3.05) is 5.75 Å². The summed E-state index contributed by atoms with van der Waals surface area (Å²) in [5, 5.41) is 11.5. The van der Waals surface area contributed by atoms with E-state index in [2.05, 4.69) is 5.32 Å². The van der Waals surface area contributed by atoms with E-state index in [1.165, 1.54) is 17.8 Å². The smallest absolute Gasteiger partial charge is 0.230 e. The Labute approximate surface area is 110 Å². The Morgan fingerprint density at radius 2 is 2.28 bits per heavy atom. The van der Waals surface area contributed by atoms with Gasteiger partial charge in [-0.15, -0.1) is 11.8 Å². The average Bonchev–Trinajstić information content (AvgIpc) is 2.30. The third kappa shape index (κ3) is 4.38.